The van der Waals surface area contributed by atoms with Crippen LogP contribution in [0.15, 0.2) is 53.5 Å². The summed E-state index contributed by atoms with van der Waals surface area (Å²) in [7, 11) is 1.70. The van der Waals surface area contributed by atoms with Gasteiger partial charge in [-0.05, 0) is 36.1 Å². The molecule has 2 rings (SSSR count). The molecule has 0 spiro atoms. The van der Waals surface area contributed by atoms with E-state index in [1.807, 2.05) is 24.3 Å². The van der Waals surface area contributed by atoms with Gasteiger partial charge in [0.25, 0.3) is 0 Å². The van der Waals surface area contributed by atoms with E-state index >= 15 is 0 Å². The second kappa shape index (κ2) is 12.0. The maximum absolute atomic E-state index is 12.2. The lowest BCUT2D eigenvalue weighted by Crippen LogP contribution is -2.38. The molecule has 0 bridgehead atoms. The Balaban J connectivity index is 0.00000420. The van der Waals surface area contributed by atoms with Crippen LogP contribution in [0.4, 0.5) is 13.2 Å². The van der Waals surface area contributed by atoms with Gasteiger partial charge in [-0.2, -0.15) is 13.2 Å². The fraction of sp³-hybridized carbons (Fsp3) is 0.381. The fourth-order valence-electron chi connectivity index (χ4n) is 2.85. The summed E-state index contributed by atoms with van der Waals surface area (Å²) in [6, 6.07) is 15.5. The van der Waals surface area contributed by atoms with Crippen LogP contribution in [0, 0.1) is 6.92 Å². The van der Waals surface area contributed by atoms with Crippen molar-refractivity contribution in [3.05, 3.63) is 70.8 Å². The van der Waals surface area contributed by atoms with Crippen molar-refractivity contribution < 1.29 is 17.9 Å². The number of ether oxygens (including phenoxy) is 1. The molecule has 2 aromatic rings. The zero-order valence-electron chi connectivity index (χ0n) is 16.7. The van der Waals surface area contributed by atoms with Gasteiger partial charge in [0, 0.05) is 13.6 Å². The molecule has 0 radical (unpaired) electrons. The van der Waals surface area contributed by atoms with Crippen molar-refractivity contribution in [3.63, 3.8) is 0 Å². The summed E-state index contributed by atoms with van der Waals surface area (Å²) in [5.74, 6) is 0.648. The fourth-order valence-corrected chi connectivity index (χ4v) is 2.85. The first-order valence-corrected chi connectivity index (χ1v) is 9.03. The topological polar surface area (TPSA) is 45.7 Å². The largest absolute Gasteiger partial charge is 0.411 e. The summed E-state index contributed by atoms with van der Waals surface area (Å²) >= 11 is 0. The molecule has 29 heavy (non-hydrogen) atoms. The number of nitrogens with one attached hydrogen (secondary N) is 2. The Morgan fingerprint density at radius 3 is 2.45 bits per heavy atom. The number of guanidine groups is 1. The van der Waals surface area contributed by atoms with Crippen molar-refractivity contribution in [3.8, 4) is 0 Å². The van der Waals surface area contributed by atoms with E-state index in [1.165, 1.54) is 11.1 Å². The van der Waals surface area contributed by atoms with Gasteiger partial charge in [-0.15, -0.1) is 24.0 Å². The molecule has 0 saturated carbocycles. The van der Waals surface area contributed by atoms with Gasteiger partial charge in [0.2, 0.25) is 0 Å². The van der Waals surface area contributed by atoms with Gasteiger partial charge < -0.3 is 15.4 Å². The normalized spacial score (nSPS) is 12.8. The molecule has 0 aliphatic carbocycles. The lowest BCUT2D eigenvalue weighted by molar-refractivity contribution is -0.176. The molecule has 1 atom stereocenters. The number of halogens is 4. The molecule has 0 amide bonds. The van der Waals surface area contributed by atoms with Crippen LogP contribution in [-0.4, -0.2) is 25.8 Å². The predicted octanol–water partition coefficient (Wildman–Crippen LogP) is 5.12. The van der Waals surface area contributed by atoms with Crippen LogP contribution in [0.5, 0.6) is 0 Å². The number of alkyl halides is 3. The monoisotopic (exact) mass is 521 g/mol. The minimum Gasteiger partial charge on any atom is -0.367 e. The zero-order chi connectivity index (χ0) is 20.6. The summed E-state index contributed by atoms with van der Waals surface area (Å²) in [6.45, 7) is 3.30. The van der Waals surface area contributed by atoms with Crippen LogP contribution in [-0.2, 0) is 17.9 Å². The van der Waals surface area contributed by atoms with Crippen molar-refractivity contribution >= 4 is 29.9 Å². The van der Waals surface area contributed by atoms with E-state index in [0.29, 0.717) is 18.1 Å². The molecule has 2 aromatic carbocycles. The molecule has 8 heteroatoms. The minimum absolute atomic E-state index is 0. The Labute approximate surface area is 187 Å². The van der Waals surface area contributed by atoms with Crippen LogP contribution in [0.3, 0.4) is 0 Å². The van der Waals surface area contributed by atoms with Crippen LogP contribution < -0.4 is 10.6 Å². The average molecular weight is 521 g/mol. The second-order valence-electron chi connectivity index (χ2n) is 6.58. The third-order valence-corrected chi connectivity index (χ3v) is 4.22. The standard InChI is InChI=1S/C21H26F3N3O.HI/c1-15-7-4-5-10-19(15)16(2)27-20(25-3)26-12-17-8-6-9-18(11-17)13-28-14-21(22,23)24;/h4-11,16H,12-14H2,1-3H3,(H2,25,26,27);1H. The molecular weight excluding hydrogens is 494 g/mol. The van der Waals surface area contributed by atoms with E-state index in [2.05, 4.69) is 41.6 Å². The molecule has 0 aliphatic heterocycles. The van der Waals surface area contributed by atoms with Gasteiger partial charge in [-0.1, -0.05) is 48.5 Å². The van der Waals surface area contributed by atoms with Crippen LogP contribution in [0.25, 0.3) is 0 Å². The Bertz CT molecular complexity index is 797. The number of aliphatic imine (C=N–C) groups is 1. The third kappa shape index (κ3) is 9.03. The number of nitrogens with zero attached hydrogens (tertiary/aromatic N) is 1. The smallest absolute Gasteiger partial charge is 0.367 e. The summed E-state index contributed by atoms with van der Waals surface area (Å²) in [4.78, 5) is 4.24. The van der Waals surface area contributed by atoms with Crippen LogP contribution in [0.1, 0.15) is 35.2 Å². The number of benzene rings is 2. The van der Waals surface area contributed by atoms with Gasteiger partial charge in [0.1, 0.15) is 6.61 Å². The van der Waals surface area contributed by atoms with E-state index in [4.69, 9.17) is 4.74 Å². The third-order valence-electron chi connectivity index (χ3n) is 4.22. The number of hydrogen-bond donors (Lipinski definition) is 2. The Morgan fingerprint density at radius 1 is 1.10 bits per heavy atom. The van der Waals surface area contributed by atoms with Crippen molar-refractivity contribution in [2.24, 2.45) is 4.99 Å². The maximum atomic E-state index is 12.2. The lowest BCUT2D eigenvalue weighted by atomic mass is 10.0. The Hall–Kier alpha value is -1.81. The van der Waals surface area contributed by atoms with Gasteiger partial charge in [-0.3, -0.25) is 4.99 Å². The van der Waals surface area contributed by atoms with Crippen molar-refractivity contribution in [1.82, 2.24) is 10.6 Å². The van der Waals surface area contributed by atoms with Crippen molar-refractivity contribution in [2.45, 2.75) is 39.2 Å². The Kier molecular flexibility index (Phi) is 10.5. The van der Waals surface area contributed by atoms with E-state index < -0.39 is 12.8 Å². The summed E-state index contributed by atoms with van der Waals surface area (Å²) < 4.78 is 41.3. The first-order valence-electron chi connectivity index (χ1n) is 9.03. The van der Waals surface area contributed by atoms with Gasteiger partial charge in [-0.25, -0.2) is 0 Å². The molecule has 0 aromatic heterocycles. The van der Waals surface area contributed by atoms with E-state index in [1.54, 1.807) is 19.2 Å². The minimum atomic E-state index is -4.31. The molecule has 2 N–H and O–H groups in total. The highest BCUT2D eigenvalue weighted by Crippen LogP contribution is 2.17. The number of hydrogen-bond acceptors (Lipinski definition) is 2. The van der Waals surface area contributed by atoms with Gasteiger partial charge >= 0.3 is 6.18 Å². The summed E-state index contributed by atoms with van der Waals surface area (Å²) in [6.07, 6.45) is -4.31. The molecular formula is C21H27F3IN3O. The molecule has 0 fully saturated rings. The van der Waals surface area contributed by atoms with Crippen molar-refractivity contribution in [1.29, 1.82) is 0 Å². The van der Waals surface area contributed by atoms with E-state index in [-0.39, 0.29) is 36.6 Å². The van der Waals surface area contributed by atoms with Crippen molar-refractivity contribution in [2.75, 3.05) is 13.7 Å². The summed E-state index contributed by atoms with van der Waals surface area (Å²) in [5, 5.41) is 6.58. The first-order chi connectivity index (χ1) is 13.3. The highest BCUT2D eigenvalue weighted by atomic mass is 127. The van der Waals surface area contributed by atoms with E-state index in [0.717, 1.165) is 5.56 Å². The average Bonchev–Trinajstić information content (AvgIpc) is 2.64. The lowest BCUT2D eigenvalue weighted by Gasteiger charge is -2.20. The second-order valence-corrected chi connectivity index (χ2v) is 6.58. The quantitative estimate of drug-likeness (QED) is 0.302. The van der Waals surface area contributed by atoms with Gasteiger partial charge in [0.15, 0.2) is 5.96 Å². The van der Waals surface area contributed by atoms with Crippen LogP contribution >= 0.6 is 24.0 Å². The molecule has 0 saturated heterocycles. The maximum Gasteiger partial charge on any atom is 0.411 e. The zero-order valence-corrected chi connectivity index (χ0v) is 19.0. The number of aryl methyl sites for hydroxylation is 1. The highest BCUT2D eigenvalue weighted by Gasteiger charge is 2.27. The predicted molar refractivity (Wildman–Crippen MR) is 120 cm³/mol. The molecule has 0 heterocycles. The Morgan fingerprint density at radius 2 is 1.79 bits per heavy atom. The van der Waals surface area contributed by atoms with Gasteiger partial charge in [0.05, 0.1) is 12.6 Å². The molecule has 4 nitrogen and oxygen atoms in total. The van der Waals surface area contributed by atoms with E-state index in [9.17, 15) is 13.2 Å². The molecule has 160 valence electrons. The number of rotatable bonds is 7. The highest BCUT2D eigenvalue weighted by molar-refractivity contribution is 14.0. The molecule has 0 aliphatic rings. The first kappa shape index (κ1) is 25.2. The SMILES string of the molecule is CN=C(NCc1cccc(COCC(F)(F)F)c1)NC(C)c1ccccc1C.I. The summed E-state index contributed by atoms with van der Waals surface area (Å²) in [5.41, 5.74) is 4.01. The van der Waals surface area contributed by atoms with Crippen LogP contribution in [0.2, 0.25) is 0 Å². The molecule has 1 unspecified atom stereocenters.